The van der Waals surface area contributed by atoms with E-state index in [0.29, 0.717) is 12.1 Å². The van der Waals surface area contributed by atoms with Gasteiger partial charge in [0.25, 0.3) is 20.2 Å². The first-order valence-corrected chi connectivity index (χ1v) is 10.7. The minimum atomic E-state index is -5.25. The zero-order chi connectivity index (χ0) is 19.8. The Bertz CT molecular complexity index is 1050. The molecule has 140 valence electrons. The van der Waals surface area contributed by atoms with Crippen LogP contribution in [0.4, 0.5) is 0 Å². The SMILES string of the molecule is O=S(=O)(O)c1cc(O)c2c(O)cc(S(=O)(=O)O)cc2c1.[O]=[Cr](=[O])([OH])[OH]. The van der Waals surface area contributed by atoms with Crippen LogP contribution in [0.3, 0.4) is 0 Å². The Kier molecular flexibility index (Phi) is 5.79. The van der Waals surface area contributed by atoms with Gasteiger partial charge >= 0.3 is 29.5 Å². The van der Waals surface area contributed by atoms with Crippen molar-refractivity contribution in [3.63, 3.8) is 0 Å². The molecule has 15 heteroatoms. The van der Waals surface area contributed by atoms with E-state index in [1.165, 1.54) is 0 Å². The molecule has 0 aliphatic rings. The van der Waals surface area contributed by atoms with Crippen LogP contribution in [0.15, 0.2) is 34.1 Å². The van der Waals surface area contributed by atoms with E-state index in [1.807, 2.05) is 0 Å². The molecular formula is C10H10CrO12S2. The van der Waals surface area contributed by atoms with Gasteiger partial charge in [0.1, 0.15) is 11.5 Å². The van der Waals surface area contributed by atoms with E-state index < -0.39 is 55.1 Å². The van der Waals surface area contributed by atoms with E-state index in [1.54, 1.807) is 0 Å². The van der Waals surface area contributed by atoms with Crippen LogP contribution in [0.5, 0.6) is 11.5 Å². The van der Waals surface area contributed by atoms with Crippen molar-refractivity contribution >= 4 is 31.0 Å². The van der Waals surface area contributed by atoms with E-state index >= 15 is 0 Å². The van der Waals surface area contributed by atoms with Gasteiger partial charge in [0.05, 0.1) is 15.2 Å². The fourth-order valence-electron chi connectivity index (χ4n) is 1.71. The molecule has 0 fully saturated rings. The van der Waals surface area contributed by atoms with E-state index in [9.17, 15) is 27.0 Å². The molecule has 0 aliphatic carbocycles. The summed E-state index contributed by atoms with van der Waals surface area (Å²) in [5, 5.41) is 18.9. The molecule has 0 saturated carbocycles. The monoisotopic (exact) mass is 438 g/mol. The van der Waals surface area contributed by atoms with Gasteiger partial charge < -0.3 is 10.2 Å². The molecule has 0 aromatic heterocycles. The summed E-state index contributed by atoms with van der Waals surface area (Å²) in [5.74, 6) is -1.34. The summed E-state index contributed by atoms with van der Waals surface area (Å²) < 4.78 is 93.7. The predicted molar refractivity (Wildman–Crippen MR) is 72.7 cm³/mol. The van der Waals surface area contributed by atoms with Crippen LogP contribution in [0.1, 0.15) is 0 Å². The van der Waals surface area contributed by atoms with E-state index in [-0.39, 0.29) is 10.8 Å². The van der Waals surface area contributed by atoms with Gasteiger partial charge in [-0.15, -0.1) is 0 Å². The number of phenols is 2. The zero-order valence-corrected chi connectivity index (χ0v) is 14.6. The van der Waals surface area contributed by atoms with Gasteiger partial charge in [-0.3, -0.25) is 9.11 Å². The summed E-state index contributed by atoms with van der Waals surface area (Å²) in [6, 6.07) is 3.09. The van der Waals surface area contributed by atoms with Gasteiger partial charge in [-0.05, 0) is 17.5 Å². The molecule has 12 nitrogen and oxygen atoms in total. The van der Waals surface area contributed by atoms with Gasteiger partial charge in [0, 0.05) is 12.1 Å². The number of benzene rings is 2. The standard InChI is InChI=1S/C10H8O8S2.Cr.2H2O.2O/c11-8-3-6(19(13,14)15)1-5-2-7(20(16,17)18)4-9(12)10(5)8;;;;;/h1-4,11-12H,(H,13,14,15)(H,16,17,18);;2*1H2;;/q;+2;;;;/p-2. The minimum absolute atomic E-state index is 0.190. The Balaban J connectivity index is 0.000000550. The maximum atomic E-state index is 11.0. The second kappa shape index (κ2) is 6.82. The van der Waals surface area contributed by atoms with Crippen molar-refractivity contribution in [1.82, 2.24) is 0 Å². The van der Waals surface area contributed by atoms with Crippen molar-refractivity contribution in [3.05, 3.63) is 24.3 Å². The first-order valence-electron chi connectivity index (χ1n) is 5.65. The number of aromatic hydroxyl groups is 2. The average molecular weight is 438 g/mol. The molecule has 0 radical (unpaired) electrons. The van der Waals surface area contributed by atoms with Crippen molar-refractivity contribution in [1.29, 1.82) is 0 Å². The summed E-state index contributed by atoms with van der Waals surface area (Å²) >= 11 is -5.25. The summed E-state index contributed by atoms with van der Waals surface area (Å²) in [5.41, 5.74) is 0. The molecule has 0 spiro atoms. The number of rotatable bonds is 2. The summed E-state index contributed by atoms with van der Waals surface area (Å²) in [7, 11) is -9.26. The van der Waals surface area contributed by atoms with Crippen LogP contribution in [0.25, 0.3) is 10.8 Å². The van der Waals surface area contributed by atoms with Crippen molar-refractivity contribution in [3.8, 4) is 11.5 Å². The Labute approximate surface area is 142 Å². The van der Waals surface area contributed by atoms with Crippen LogP contribution in [0, 0.1) is 0 Å². The number of hydrogen-bond donors (Lipinski definition) is 6. The Morgan fingerprint density at radius 3 is 1.24 bits per heavy atom. The van der Waals surface area contributed by atoms with Crippen molar-refractivity contribution in [2.24, 2.45) is 0 Å². The fraction of sp³-hybridized carbons (Fsp3) is 0. The van der Waals surface area contributed by atoms with Crippen molar-refractivity contribution in [2.45, 2.75) is 9.79 Å². The molecule has 0 amide bonds. The fourth-order valence-corrected chi connectivity index (χ4v) is 2.79. The van der Waals surface area contributed by atoms with Crippen LogP contribution in [-0.4, -0.2) is 44.5 Å². The maximum absolute atomic E-state index is 11.0. The van der Waals surface area contributed by atoms with Crippen LogP contribution in [-0.2, 0) is 41.5 Å². The topological polar surface area (TPSA) is 224 Å². The third kappa shape index (κ3) is 6.19. The molecule has 2 aromatic rings. The quantitative estimate of drug-likeness (QED) is 0.323. The number of phenolic OH excluding ortho intramolecular Hbond substituents is 2. The van der Waals surface area contributed by atoms with Crippen LogP contribution < -0.4 is 0 Å². The van der Waals surface area contributed by atoms with Gasteiger partial charge in [-0.25, -0.2) is 0 Å². The molecule has 0 heterocycles. The number of fused-ring (bicyclic) bond motifs is 1. The summed E-state index contributed by atoms with van der Waals surface area (Å²) in [6.07, 6.45) is 0. The summed E-state index contributed by atoms with van der Waals surface area (Å²) in [6.45, 7) is 0. The second-order valence-corrected chi connectivity index (χ2v) is 8.62. The zero-order valence-electron chi connectivity index (χ0n) is 11.7. The van der Waals surface area contributed by atoms with Crippen molar-refractivity contribution < 1.29 is 65.7 Å². The Morgan fingerprint density at radius 2 is 1.00 bits per heavy atom. The van der Waals surface area contributed by atoms with E-state index in [2.05, 4.69) is 0 Å². The van der Waals surface area contributed by atoms with Gasteiger partial charge in [0.2, 0.25) is 0 Å². The van der Waals surface area contributed by atoms with Gasteiger partial charge in [0.15, 0.2) is 0 Å². The van der Waals surface area contributed by atoms with E-state index in [0.717, 1.165) is 12.1 Å². The molecular weight excluding hydrogens is 428 g/mol. The van der Waals surface area contributed by atoms with E-state index in [4.69, 9.17) is 25.0 Å². The predicted octanol–water partition coefficient (Wildman–Crippen LogP) is -0.610. The molecule has 2 rings (SSSR count). The van der Waals surface area contributed by atoms with Crippen molar-refractivity contribution in [2.75, 3.05) is 0 Å². The molecule has 0 aliphatic heterocycles. The molecule has 0 saturated heterocycles. The average Bonchev–Trinajstić information content (AvgIpc) is 2.33. The van der Waals surface area contributed by atoms with Gasteiger partial charge in [-0.2, -0.15) is 16.8 Å². The molecule has 0 atom stereocenters. The molecule has 0 bridgehead atoms. The third-order valence-electron chi connectivity index (χ3n) is 2.55. The van der Waals surface area contributed by atoms with Gasteiger partial charge in [-0.1, -0.05) is 0 Å². The number of hydrogen-bond acceptors (Lipinski definition) is 8. The Hall–Kier alpha value is -1.83. The second-order valence-electron chi connectivity index (χ2n) is 4.38. The normalized spacial score (nSPS) is 12.5. The third-order valence-corrected chi connectivity index (χ3v) is 4.21. The summed E-state index contributed by atoms with van der Waals surface area (Å²) in [4.78, 5) is -1.37. The van der Waals surface area contributed by atoms with Crippen LogP contribution in [0.2, 0.25) is 0 Å². The molecule has 0 unspecified atom stereocenters. The first kappa shape index (κ1) is 21.2. The molecule has 6 N–H and O–H groups in total. The first-order chi connectivity index (χ1) is 11.0. The Morgan fingerprint density at radius 1 is 0.720 bits per heavy atom. The van der Waals surface area contributed by atoms with Crippen LogP contribution >= 0.6 is 0 Å². The molecule has 25 heavy (non-hydrogen) atoms. The molecule has 2 aromatic carbocycles.